The van der Waals surface area contributed by atoms with Gasteiger partial charge in [0.15, 0.2) is 6.07 Å². The zero-order valence-electron chi connectivity index (χ0n) is 14.7. The molecular weight excluding hydrogens is 334 g/mol. The standard InChI is InChI=1S/C16H24ClN3O4/c1-10-11(6-18-19(10)5)12-7-20(15(22)24-16(2,3)4)8-13(12)14(21)23-9-17/h6,12-13H,7-9H2,1-5H3/t12-,13+/m0/s1. The molecular formula is C16H24ClN3O4. The van der Waals surface area contributed by atoms with E-state index in [4.69, 9.17) is 21.1 Å². The number of aromatic nitrogens is 2. The molecule has 0 aliphatic carbocycles. The molecule has 1 aromatic rings. The summed E-state index contributed by atoms with van der Waals surface area (Å²) in [6.45, 7) is 7.98. The minimum absolute atomic E-state index is 0.193. The van der Waals surface area contributed by atoms with E-state index in [1.807, 2.05) is 34.7 Å². The molecule has 1 fully saturated rings. The molecule has 7 nitrogen and oxygen atoms in total. The molecule has 0 spiro atoms. The molecule has 2 heterocycles. The van der Waals surface area contributed by atoms with E-state index >= 15 is 0 Å². The van der Waals surface area contributed by atoms with E-state index in [1.165, 1.54) is 0 Å². The lowest BCUT2D eigenvalue weighted by Crippen LogP contribution is -2.36. The van der Waals surface area contributed by atoms with Gasteiger partial charge in [-0.1, -0.05) is 11.6 Å². The molecule has 1 saturated heterocycles. The minimum Gasteiger partial charge on any atom is -0.449 e. The number of esters is 1. The summed E-state index contributed by atoms with van der Waals surface area (Å²) in [4.78, 5) is 26.2. The number of rotatable bonds is 3. The first kappa shape index (κ1) is 18.6. The Balaban J connectivity index is 2.24. The zero-order valence-corrected chi connectivity index (χ0v) is 15.5. The quantitative estimate of drug-likeness (QED) is 0.613. The maximum Gasteiger partial charge on any atom is 0.410 e. The lowest BCUT2D eigenvalue weighted by molar-refractivity contribution is -0.146. The molecule has 8 heteroatoms. The number of halogens is 1. The molecule has 0 bridgehead atoms. The van der Waals surface area contributed by atoms with Crippen molar-refractivity contribution in [3.05, 3.63) is 17.5 Å². The summed E-state index contributed by atoms with van der Waals surface area (Å²) in [6.07, 6.45) is 1.30. The number of amides is 1. The van der Waals surface area contributed by atoms with Crippen LogP contribution in [0.25, 0.3) is 0 Å². The normalized spacial score (nSPS) is 21.0. The van der Waals surface area contributed by atoms with E-state index in [0.717, 1.165) is 11.3 Å². The van der Waals surface area contributed by atoms with Crippen LogP contribution in [-0.2, 0) is 21.3 Å². The van der Waals surface area contributed by atoms with E-state index in [0.29, 0.717) is 6.54 Å². The van der Waals surface area contributed by atoms with Gasteiger partial charge in [0.1, 0.15) is 5.60 Å². The topological polar surface area (TPSA) is 73.7 Å². The molecule has 1 aliphatic rings. The highest BCUT2D eigenvalue weighted by molar-refractivity contribution is 6.17. The molecule has 134 valence electrons. The summed E-state index contributed by atoms with van der Waals surface area (Å²) < 4.78 is 12.1. The molecule has 0 radical (unpaired) electrons. The number of aryl methyl sites for hydroxylation is 1. The lowest BCUT2D eigenvalue weighted by atomic mass is 9.89. The molecule has 0 aromatic carbocycles. The molecule has 2 rings (SSSR count). The number of carbonyl (C=O) groups excluding carboxylic acids is 2. The summed E-state index contributed by atoms with van der Waals surface area (Å²) in [6, 6.07) is -0.208. The number of ether oxygens (including phenoxy) is 2. The largest absolute Gasteiger partial charge is 0.449 e. The van der Waals surface area contributed by atoms with Crippen molar-refractivity contribution in [3.8, 4) is 0 Å². The van der Waals surface area contributed by atoms with Crippen molar-refractivity contribution in [1.82, 2.24) is 14.7 Å². The van der Waals surface area contributed by atoms with Gasteiger partial charge >= 0.3 is 12.1 Å². The molecule has 0 unspecified atom stereocenters. The van der Waals surface area contributed by atoms with Crippen molar-refractivity contribution in [1.29, 1.82) is 0 Å². The molecule has 1 aromatic heterocycles. The van der Waals surface area contributed by atoms with Gasteiger partial charge in [0.2, 0.25) is 0 Å². The SMILES string of the molecule is Cc1c([C@@H]2CN(C(=O)OC(C)(C)C)C[C@H]2C(=O)OCCl)cnn1C. The maximum absolute atomic E-state index is 12.4. The van der Waals surface area contributed by atoms with Gasteiger partial charge in [-0.25, -0.2) is 4.79 Å². The van der Waals surface area contributed by atoms with Gasteiger partial charge in [-0.15, -0.1) is 0 Å². The number of hydrogen-bond acceptors (Lipinski definition) is 5. The van der Waals surface area contributed by atoms with Crippen LogP contribution in [-0.4, -0.2) is 51.5 Å². The highest BCUT2D eigenvalue weighted by atomic mass is 35.5. The third-order valence-electron chi connectivity index (χ3n) is 4.14. The van der Waals surface area contributed by atoms with E-state index in [9.17, 15) is 9.59 Å². The van der Waals surface area contributed by atoms with Gasteiger partial charge in [-0.3, -0.25) is 9.48 Å². The van der Waals surface area contributed by atoms with Crippen molar-refractivity contribution in [3.63, 3.8) is 0 Å². The number of nitrogens with zero attached hydrogens (tertiary/aromatic N) is 3. The number of hydrogen-bond donors (Lipinski definition) is 0. The van der Waals surface area contributed by atoms with E-state index in [2.05, 4.69) is 5.10 Å². The Hall–Kier alpha value is -1.76. The van der Waals surface area contributed by atoms with Crippen molar-refractivity contribution in [2.75, 3.05) is 19.2 Å². The molecule has 24 heavy (non-hydrogen) atoms. The van der Waals surface area contributed by atoms with E-state index in [-0.39, 0.29) is 18.5 Å². The zero-order chi connectivity index (χ0) is 18.1. The van der Waals surface area contributed by atoms with Gasteiger partial charge in [-0.2, -0.15) is 5.10 Å². The van der Waals surface area contributed by atoms with Crippen molar-refractivity contribution >= 4 is 23.7 Å². The summed E-state index contributed by atoms with van der Waals surface area (Å²) >= 11 is 5.53. The van der Waals surface area contributed by atoms with Gasteiger partial charge in [-0.05, 0) is 33.3 Å². The van der Waals surface area contributed by atoms with Crippen LogP contribution in [0.4, 0.5) is 4.79 Å². The van der Waals surface area contributed by atoms with Crippen LogP contribution >= 0.6 is 11.6 Å². The average molecular weight is 358 g/mol. The second kappa shape index (κ2) is 7.01. The van der Waals surface area contributed by atoms with Gasteiger partial charge in [0.25, 0.3) is 0 Å². The smallest absolute Gasteiger partial charge is 0.410 e. The summed E-state index contributed by atoms with van der Waals surface area (Å²) in [5, 5.41) is 4.23. The van der Waals surface area contributed by atoms with Crippen LogP contribution in [0.3, 0.4) is 0 Å². The average Bonchev–Trinajstić information content (AvgIpc) is 3.03. The predicted octanol–water partition coefficient (Wildman–Crippen LogP) is 2.42. The number of likely N-dealkylation sites (tertiary alicyclic amines) is 1. The monoisotopic (exact) mass is 357 g/mol. The van der Waals surface area contributed by atoms with E-state index in [1.54, 1.807) is 15.8 Å². The number of alkyl halides is 1. The first-order valence-electron chi connectivity index (χ1n) is 7.83. The fraction of sp³-hybridized carbons (Fsp3) is 0.688. The third kappa shape index (κ3) is 4.01. The molecule has 2 atom stereocenters. The van der Waals surface area contributed by atoms with Crippen LogP contribution in [0, 0.1) is 12.8 Å². The van der Waals surface area contributed by atoms with E-state index < -0.39 is 23.6 Å². The maximum atomic E-state index is 12.4. The molecule has 0 saturated carbocycles. The summed E-state index contributed by atoms with van der Waals surface area (Å²) in [5.74, 6) is -1.09. The van der Waals surface area contributed by atoms with Gasteiger partial charge < -0.3 is 14.4 Å². The van der Waals surface area contributed by atoms with Crippen molar-refractivity contribution < 1.29 is 19.1 Å². The highest BCUT2D eigenvalue weighted by Gasteiger charge is 2.43. The summed E-state index contributed by atoms with van der Waals surface area (Å²) in [5.41, 5.74) is 1.29. The van der Waals surface area contributed by atoms with Crippen LogP contribution in [0.15, 0.2) is 6.20 Å². The third-order valence-corrected chi connectivity index (χ3v) is 4.25. The lowest BCUT2D eigenvalue weighted by Gasteiger charge is -2.24. The second-order valence-electron chi connectivity index (χ2n) is 6.98. The van der Waals surface area contributed by atoms with Crippen LogP contribution in [0.2, 0.25) is 0 Å². The highest BCUT2D eigenvalue weighted by Crippen LogP contribution is 2.35. The predicted molar refractivity (Wildman–Crippen MR) is 88.8 cm³/mol. The molecule has 1 amide bonds. The minimum atomic E-state index is -0.592. The van der Waals surface area contributed by atoms with Crippen LogP contribution in [0.5, 0.6) is 0 Å². The Morgan fingerprint density at radius 3 is 2.54 bits per heavy atom. The fourth-order valence-electron chi connectivity index (χ4n) is 2.87. The Bertz CT molecular complexity index is 623. The first-order valence-corrected chi connectivity index (χ1v) is 8.36. The van der Waals surface area contributed by atoms with Gasteiger partial charge in [0, 0.05) is 31.7 Å². The Morgan fingerprint density at radius 2 is 2.04 bits per heavy atom. The van der Waals surface area contributed by atoms with Crippen LogP contribution in [0.1, 0.15) is 37.9 Å². The number of carbonyl (C=O) groups is 2. The first-order chi connectivity index (χ1) is 11.1. The Labute approximate surface area is 146 Å². The van der Waals surface area contributed by atoms with Crippen molar-refractivity contribution in [2.45, 2.75) is 39.2 Å². The van der Waals surface area contributed by atoms with Gasteiger partial charge in [0.05, 0.1) is 12.1 Å². The second-order valence-corrected chi connectivity index (χ2v) is 7.20. The molecule has 1 aliphatic heterocycles. The Morgan fingerprint density at radius 1 is 1.38 bits per heavy atom. The fourth-order valence-corrected chi connectivity index (χ4v) is 2.98. The Kier molecular flexibility index (Phi) is 5.42. The van der Waals surface area contributed by atoms with Crippen LogP contribution < -0.4 is 0 Å². The summed E-state index contributed by atoms with van der Waals surface area (Å²) in [7, 11) is 1.84. The molecule has 0 N–H and O–H groups in total. The van der Waals surface area contributed by atoms with Crippen molar-refractivity contribution in [2.24, 2.45) is 13.0 Å².